The Balaban J connectivity index is 1.88. The van der Waals surface area contributed by atoms with Crippen molar-refractivity contribution in [1.29, 1.82) is 0 Å². The zero-order valence-corrected chi connectivity index (χ0v) is 15.4. The van der Waals surface area contributed by atoms with Crippen molar-refractivity contribution >= 4 is 22.6 Å². The highest BCUT2D eigenvalue weighted by atomic mass is 19.4. The summed E-state index contributed by atoms with van der Waals surface area (Å²) in [6.45, 7) is 4.23. The number of aryl methyl sites for hydroxylation is 1. The number of aromatic nitrogens is 2. The first kappa shape index (κ1) is 20.2. The zero-order chi connectivity index (χ0) is 20.6. The lowest BCUT2D eigenvalue weighted by molar-refractivity contribution is -0.163. The first-order valence-corrected chi connectivity index (χ1v) is 8.85. The number of nitrogens with two attached hydrogens (primary N) is 1. The molecular formula is C18H21F4N5O. The number of halogens is 4. The van der Waals surface area contributed by atoms with Crippen LogP contribution >= 0.6 is 0 Å². The third kappa shape index (κ3) is 4.01. The molecule has 1 saturated heterocycles. The van der Waals surface area contributed by atoms with Crippen LogP contribution in [0.5, 0.6) is 0 Å². The van der Waals surface area contributed by atoms with E-state index in [1.807, 2.05) is 6.92 Å². The van der Waals surface area contributed by atoms with Gasteiger partial charge in [-0.05, 0) is 30.9 Å². The van der Waals surface area contributed by atoms with Crippen LogP contribution in [0.2, 0.25) is 0 Å². The summed E-state index contributed by atoms with van der Waals surface area (Å²) in [5, 5.41) is 2.35. The van der Waals surface area contributed by atoms with Gasteiger partial charge < -0.3 is 16.0 Å². The van der Waals surface area contributed by atoms with Gasteiger partial charge in [0.05, 0.1) is 5.52 Å². The predicted molar refractivity (Wildman–Crippen MR) is 96.2 cm³/mol. The maximum atomic E-state index is 14.8. The minimum atomic E-state index is -4.82. The molecule has 0 spiro atoms. The van der Waals surface area contributed by atoms with E-state index in [1.165, 1.54) is 18.5 Å². The summed E-state index contributed by atoms with van der Waals surface area (Å²) in [5.41, 5.74) is 6.78. The number of carbonyl (C=O) groups excluding carboxylic acids is 1. The Kier molecular flexibility index (Phi) is 5.42. The zero-order valence-electron chi connectivity index (χ0n) is 15.4. The molecule has 152 valence electrons. The number of carbonyl (C=O) groups is 1. The fraction of sp³-hybridized carbons (Fsp3) is 0.500. The summed E-state index contributed by atoms with van der Waals surface area (Å²) in [4.78, 5) is 22.1. The van der Waals surface area contributed by atoms with E-state index in [2.05, 4.69) is 15.3 Å². The molecular weight excluding hydrogens is 378 g/mol. The standard InChI is InChI=1S/C18H21F4N5O/c1-9-5-11(26-17(28)16(23)18(20,21)22)8-27(7-9)15-12(19)6-10(2)13-14(15)25-4-3-24-13/h3-4,6,9,11,16H,5,7-8,23H2,1-2H3,(H,26,28)/t9-,11+,16?/m0/s1. The minimum absolute atomic E-state index is 0.00795. The fourth-order valence-corrected chi connectivity index (χ4v) is 3.62. The minimum Gasteiger partial charge on any atom is -0.365 e. The van der Waals surface area contributed by atoms with Crippen molar-refractivity contribution in [2.75, 3.05) is 18.0 Å². The Morgan fingerprint density at radius 2 is 1.93 bits per heavy atom. The molecule has 0 radical (unpaired) electrons. The van der Waals surface area contributed by atoms with Gasteiger partial charge in [0.1, 0.15) is 17.0 Å². The molecule has 1 unspecified atom stereocenters. The van der Waals surface area contributed by atoms with E-state index in [0.29, 0.717) is 29.6 Å². The van der Waals surface area contributed by atoms with Crippen LogP contribution < -0.4 is 16.0 Å². The summed E-state index contributed by atoms with van der Waals surface area (Å²) in [6.07, 6.45) is -1.39. The lowest BCUT2D eigenvalue weighted by atomic mass is 9.94. The average molecular weight is 399 g/mol. The largest absolute Gasteiger partial charge is 0.412 e. The number of benzene rings is 1. The Labute approximate surface area is 159 Å². The number of anilines is 1. The van der Waals surface area contributed by atoms with Crippen molar-refractivity contribution in [3.63, 3.8) is 0 Å². The predicted octanol–water partition coefficient (Wildman–Crippen LogP) is 2.30. The normalized spacial score (nSPS) is 21.6. The molecule has 0 bridgehead atoms. The molecule has 1 aromatic heterocycles. The number of piperidine rings is 1. The van der Waals surface area contributed by atoms with Crippen LogP contribution in [-0.2, 0) is 4.79 Å². The molecule has 1 fully saturated rings. The first-order chi connectivity index (χ1) is 13.1. The highest BCUT2D eigenvalue weighted by Gasteiger charge is 2.43. The van der Waals surface area contributed by atoms with Crippen LogP contribution in [0.1, 0.15) is 18.9 Å². The summed E-state index contributed by atoms with van der Waals surface area (Å²) < 4.78 is 52.8. The molecule has 1 aliphatic heterocycles. The van der Waals surface area contributed by atoms with Gasteiger partial charge in [-0.2, -0.15) is 13.2 Å². The van der Waals surface area contributed by atoms with Gasteiger partial charge in [-0.3, -0.25) is 14.8 Å². The van der Waals surface area contributed by atoms with Crippen molar-refractivity contribution in [1.82, 2.24) is 15.3 Å². The van der Waals surface area contributed by atoms with Crippen LogP contribution in [0.25, 0.3) is 11.0 Å². The third-order valence-electron chi connectivity index (χ3n) is 4.82. The van der Waals surface area contributed by atoms with Gasteiger partial charge >= 0.3 is 6.18 Å². The number of hydrogen-bond donors (Lipinski definition) is 2. The Morgan fingerprint density at radius 1 is 1.29 bits per heavy atom. The second-order valence-electron chi connectivity index (χ2n) is 7.25. The van der Waals surface area contributed by atoms with E-state index in [9.17, 15) is 22.4 Å². The summed E-state index contributed by atoms with van der Waals surface area (Å²) >= 11 is 0. The van der Waals surface area contributed by atoms with E-state index < -0.39 is 30.0 Å². The Morgan fingerprint density at radius 3 is 2.57 bits per heavy atom. The molecule has 6 nitrogen and oxygen atoms in total. The lowest BCUT2D eigenvalue weighted by Gasteiger charge is -2.39. The SMILES string of the molecule is Cc1cc(F)c(N2C[C@@H](C)C[C@@H](NC(=O)C(N)C(F)(F)F)C2)c2nccnc12. The number of rotatable bonds is 3. The smallest absolute Gasteiger partial charge is 0.365 e. The van der Waals surface area contributed by atoms with Crippen molar-refractivity contribution in [3.05, 3.63) is 29.8 Å². The van der Waals surface area contributed by atoms with E-state index >= 15 is 0 Å². The molecule has 10 heteroatoms. The third-order valence-corrected chi connectivity index (χ3v) is 4.82. The van der Waals surface area contributed by atoms with Gasteiger partial charge in [-0.1, -0.05) is 6.92 Å². The monoisotopic (exact) mass is 399 g/mol. The van der Waals surface area contributed by atoms with Crippen molar-refractivity contribution in [2.45, 2.75) is 38.5 Å². The maximum Gasteiger partial charge on any atom is 0.412 e. The highest BCUT2D eigenvalue weighted by molar-refractivity contribution is 5.91. The number of nitrogens with one attached hydrogen (secondary N) is 1. The molecule has 3 N–H and O–H groups in total. The molecule has 0 saturated carbocycles. The van der Waals surface area contributed by atoms with Crippen LogP contribution in [-0.4, -0.2) is 47.2 Å². The quantitative estimate of drug-likeness (QED) is 0.774. The van der Waals surface area contributed by atoms with E-state index in [1.54, 1.807) is 11.8 Å². The average Bonchev–Trinajstić information content (AvgIpc) is 2.59. The van der Waals surface area contributed by atoms with Gasteiger partial charge in [0, 0.05) is 31.5 Å². The van der Waals surface area contributed by atoms with Crippen molar-refractivity contribution in [3.8, 4) is 0 Å². The molecule has 3 rings (SSSR count). The highest BCUT2D eigenvalue weighted by Crippen LogP contribution is 2.33. The van der Waals surface area contributed by atoms with Crippen LogP contribution in [0.15, 0.2) is 18.5 Å². The lowest BCUT2D eigenvalue weighted by Crippen LogP contribution is -2.57. The molecule has 1 aliphatic rings. The fourth-order valence-electron chi connectivity index (χ4n) is 3.62. The number of amides is 1. The van der Waals surface area contributed by atoms with Gasteiger partial charge in [-0.25, -0.2) is 4.39 Å². The summed E-state index contributed by atoms with van der Waals surface area (Å²) in [7, 11) is 0. The Hall–Kier alpha value is -2.49. The van der Waals surface area contributed by atoms with Crippen molar-refractivity contribution < 1.29 is 22.4 Å². The molecule has 3 atom stereocenters. The van der Waals surface area contributed by atoms with Gasteiger partial charge in [0.2, 0.25) is 5.91 Å². The van der Waals surface area contributed by atoms with E-state index in [-0.39, 0.29) is 18.2 Å². The van der Waals surface area contributed by atoms with Crippen LogP contribution in [0.4, 0.5) is 23.2 Å². The molecule has 1 amide bonds. The van der Waals surface area contributed by atoms with Crippen LogP contribution in [0.3, 0.4) is 0 Å². The van der Waals surface area contributed by atoms with E-state index in [0.717, 1.165) is 0 Å². The maximum absolute atomic E-state index is 14.8. The van der Waals surface area contributed by atoms with E-state index in [4.69, 9.17) is 5.73 Å². The van der Waals surface area contributed by atoms with Gasteiger partial charge in [0.15, 0.2) is 6.04 Å². The molecule has 2 aromatic rings. The van der Waals surface area contributed by atoms with Crippen molar-refractivity contribution in [2.24, 2.45) is 11.7 Å². The number of fused-ring (bicyclic) bond motifs is 1. The van der Waals surface area contributed by atoms with Gasteiger partial charge in [0.25, 0.3) is 0 Å². The van der Waals surface area contributed by atoms with Gasteiger partial charge in [-0.15, -0.1) is 0 Å². The number of alkyl halides is 3. The molecule has 0 aliphatic carbocycles. The second kappa shape index (κ2) is 7.50. The molecule has 28 heavy (non-hydrogen) atoms. The Bertz CT molecular complexity index is 888. The second-order valence-corrected chi connectivity index (χ2v) is 7.25. The number of hydrogen-bond acceptors (Lipinski definition) is 5. The molecule has 1 aromatic carbocycles. The molecule has 2 heterocycles. The number of nitrogens with zero attached hydrogens (tertiary/aromatic N) is 3. The topological polar surface area (TPSA) is 84.1 Å². The first-order valence-electron chi connectivity index (χ1n) is 8.85. The summed E-state index contributed by atoms with van der Waals surface area (Å²) in [6, 6.07) is -1.84. The van der Waals surface area contributed by atoms with Crippen LogP contribution in [0, 0.1) is 18.7 Å². The summed E-state index contributed by atoms with van der Waals surface area (Å²) in [5.74, 6) is -1.77.